The maximum atomic E-state index is 11.9. The van der Waals surface area contributed by atoms with Crippen molar-refractivity contribution in [3.05, 3.63) is 0 Å². The Kier molecular flexibility index (Phi) is 6.91. The Bertz CT molecular complexity index is 405. The third kappa shape index (κ3) is 6.19. The van der Waals surface area contributed by atoms with Crippen LogP contribution in [0, 0.1) is 5.92 Å². The first-order valence-corrected chi connectivity index (χ1v) is 9.07. The summed E-state index contributed by atoms with van der Waals surface area (Å²) in [5.41, 5.74) is 0. The number of rotatable bonds is 9. The van der Waals surface area contributed by atoms with Gasteiger partial charge in [-0.3, -0.25) is 4.79 Å². The van der Waals surface area contributed by atoms with E-state index in [-0.39, 0.29) is 17.6 Å². The van der Waals surface area contributed by atoms with E-state index in [1.54, 1.807) is 4.90 Å². The van der Waals surface area contributed by atoms with Crippen LogP contribution in [0.5, 0.6) is 0 Å². The molecule has 1 fully saturated rings. The number of amides is 1. The molecular formula is C13H27N3O3S. The molecule has 20 heavy (non-hydrogen) atoms. The van der Waals surface area contributed by atoms with Gasteiger partial charge < -0.3 is 9.80 Å². The Hall–Kier alpha value is -0.660. The molecule has 1 amide bonds. The van der Waals surface area contributed by atoms with Gasteiger partial charge in [-0.2, -0.15) is 0 Å². The van der Waals surface area contributed by atoms with Gasteiger partial charge in [-0.15, -0.1) is 0 Å². The molecule has 1 unspecified atom stereocenters. The first kappa shape index (κ1) is 17.4. The van der Waals surface area contributed by atoms with Crippen molar-refractivity contribution in [1.82, 2.24) is 9.80 Å². The smallest absolute Gasteiger partial charge is 0.223 e. The lowest BCUT2D eigenvalue weighted by molar-refractivity contribution is -0.127. The Morgan fingerprint density at radius 1 is 1.25 bits per heavy atom. The average Bonchev–Trinajstić information content (AvgIpc) is 2.64. The predicted octanol–water partition coefficient (Wildman–Crippen LogP) is 0.245. The number of hydrogen-bond acceptors (Lipinski definition) is 4. The summed E-state index contributed by atoms with van der Waals surface area (Å²) in [6.45, 7) is 8.42. The van der Waals surface area contributed by atoms with Crippen LogP contribution in [-0.4, -0.2) is 62.6 Å². The number of hydrogen-bond donors (Lipinski definition) is 1. The van der Waals surface area contributed by atoms with Gasteiger partial charge in [0.2, 0.25) is 15.9 Å². The van der Waals surface area contributed by atoms with Crippen LogP contribution in [-0.2, 0) is 14.8 Å². The number of carbonyl (C=O) groups is 1. The summed E-state index contributed by atoms with van der Waals surface area (Å²) in [5, 5.41) is 5.04. The topological polar surface area (TPSA) is 83.7 Å². The highest BCUT2D eigenvalue weighted by Crippen LogP contribution is 2.18. The average molecular weight is 305 g/mol. The molecule has 2 N–H and O–H groups in total. The first-order valence-electron chi connectivity index (χ1n) is 7.36. The summed E-state index contributed by atoms with van der Waals surface area (Å²) in [6, 6.07) is 0. The van der Waals surface area contributed by atoms with Gasteiger partial charge in [-0.25, -0.2) is 13.6 Å². The normalized spacial score (nSPS) is 20.1. The molecule has 0 spiro atoms. The van der Waals surface area contributed by atoms with Crippen LogP contribution < -0.4 is 5.14 Å². The zero-order valence-corrected chi connectivity index (χ0v) is 13.4. The zero-order valence-electron chi connectivity index (χ0n) is 12.5. The summed E-state index contributed by atoms with van der Waals surface area (Å²) in [5.74, 6) is -0.196. The van der Waals surface area contributed by atoms with E-state index in [0.717, 1.165) is 32.5 Å². The first-order chi connectivity index (χ1) is 9.35. The Balaban J connectivity index is 2.42. The molecule has 6 nitrogen and oxygen atoms in total. The second-order valence-electron chi connectivity index (χ2n) is 5.58. The molecule has 0 radical (unpaired) electrons. The molecule has 0 saturated carbocycles. The number of primary sulfonamides is 1. The van der Waals surface area contributed by atoms with Crippen molar-refractivity contribution in [2.75, 3.05) is 38.5 Å². The molecule has 0 bridgehead atoms. The lowest BCUT2D eigenvalue weighted by atomic mass is 10.1. The summed E-state index contributed by atoms with van der Waals surface area (Å²) in [4.78, 5) is 16.0. The van der Waals surface area contributed by atoms with Crippen molar-refractivity contribution < 1.29 is 13.2 Å². The van der Waals surface area contributed by atoms with Gasteiger partial charge in [-0.1, -0.05) is 13.8 Å². The molecule has 1 heterocycles. The minimum absolute atomic E-state index is 0.0478. The number of nitrogens with two attached hydrogens (primary N) is 1. The van der Waals surface area contributed by atoms with Crippen molar-refractivity contribution in [1.29, 1.82) is 0 Å². The standard InChI is InChI=1S/C13H27N3O3S/c1-3-5-15(6-4-2)7-8-16-10-12(9-13(16)17)11-20(14,18)19/h12H,3-11H2,1-2H3,(H2,14,18,19). The number of likely N-dealkylation sites (tertiary alicyclic amines) is 1. The van der Waals surface area contributed by atoms with E-state index in [1.807, 2.05) is 0 Å². The van der Waals surface area contributed by atoms with E-state index in [2.05, 4.69) is 18.7 Å². The Morgan fingerprint density at radius 2 is 1.85 bits per heavy atom. The molecule has 7 heteroatoms. The maximum Gasteiger partial charge on any atom is 0.223 e. The lowest BCUT2D eigenvalue weighted by Crippen LogP contribution is -2.37. The van der Waals surface area contributed by atoms with Gasteiger partial charge in [0.05, 0.1) is 5.75 Å². The number of carbonyl (C=O) groups excluding carboxylic acids is 1. The molecule has 0 aromatic carbocycles. The van der Waals surface area contributed by atoms with Crippen LogP contribution in [0.1, 0.15) is 33.1 Å². The summed E-state index contributed by atoms with van der Waals surface area (Å²) in [6.07, 6.45) is 2.50. The maximum absolute atomic E-state index is 11.9. The molecule has 0 aliphatic carbocycles. The second kappa shape index (κ2) is 7.95. The van der Waals surface area contributed by atoms with E-state index < -0.39 is 10.0 Å². The summed E-state index contributed by atoms with van der Waals surface area (Å²) >= 11 is 0. The highest BCUT2D eigenvalue weighted by molar-refractivity contribution is 7.89. The predicted molar refractivity (Wildman–Crippen MR) is 79.7 cm³/mol. The Labute approximate surface area is 122 Å². The van der Waals surface area contributed by atoms with Gasteiger partial charge >= 0.3 is 0 Å². The van der Waals surface area contributed by atoms with Crippen molar-refractivity contribution in [3.8, 4) is 0 Å². The van der Waals surface area contributed by atoms with Crippen molar-refractivity contribution in [2.24, 2.45) is 11.1 Å². The van der Waals surface area contributed by atoms with E-state index in [4.69, 9.17) is 5.14 Å². The quantitative estimate of drug-likeness (QED) is 0.661. The van der Waals surface area contributed by atoms with Gasteiger partial charge in [0.15, 0.2) is 0 Å². The molecule has 0 aromatic heterocycles. The minimum Gasteiger partial charge on any atom is -0.341 e. The fourth-order valence-electron chi connectivity index (χ4n) is 2.74. The van der Waals surface area contributed by atoms with Gasteiger partial charge in [0.25, 0.3) is 0 Å². The van der Waals surface area contributed by atoms with Crippen LogP contribution in [0.25, 0.3) is 0 Å². The SMILES string of the molecule is CCCN(CCC)CCN1CC(CS(N)(=O)=O)CC1=O. The third-order valence-corrected chi connectivity index (χ3v) is 4.46. The van der Waals surface area contributed by atoms with Gasteiger partial charge in [0.1, 0.15) is 0 Å². The van der Waals surface area contributed by atoms with Crippen LogP contribution in [0.4, 0.5) is 0 Å². The molecule has 1 aliphatic rings. The largest absolute Gasteiger partial charge is 0.341 e. The molecule has 1 aliphatic heterocycles. The van der Waals surface area contributed by atoms with Crippen LogP contribution in [0.3, 0.4) is 0 Å². The molecule has 118 valence electrons. The van der Waals surface area contributed by atoms with Crippen molar-refractivity contribution in [2.45, 2.75) is 33.1 Å². The van der Waals surface area contributed by atoms with Crippen molar-refractivity contribution in [3.63, 3.8) is 0 Å². The highest BCUT2D eigenvalue weighted by Gasteiger charge is 2.31. The molecule has 1 rings (SSSR count). The molecular weight excluding hydrogens is 278 g/mol. The molecule has 0 aromatic rings. The second-order valence-corrected chi connectivity index (χ2v) is 7.24. The van der Waals surface area contributed by atoms with Crippen LogP contribution in [0.15, 0.2) is 0 Å². The molecule has 1 atom stereocenters. The minimum atomic E-state index is -3.49. The number of sulfonamides is 1. The van der Waals surface area contributed by atoms with Crippen LogP contribution >= 0.6 is 0 Å². The Morgan fingerprint density at radius 3 is 2.35 bits per heavy atom. The lowest BCUT2D eigenvalue weighted by Gasteiger charge is -2.24. The summed E-state index contributed by atoms with van der Waals surface area (Å²) in [7, 11) is -3.49. The monoisotopic (exact) mass is 305 g/mol. The van der Waals surface area contributed by atoms with E-state index in [0.29, 0.717) is 19.5 Å². The van der Waals surface area contributed by atoms with E-state index in [1.165, 1.54) is 0 Å². The van der Waals surface area contributed by atoms with Crippen LogP contribution in [0.2, 0.25) is 0 Å². The van der Waals surface area contributed by atoms with Gasteiger partial charge in [-0.05, 0) is 25.9 Å². The molecule has 1 saturated heterocycles. The van der Waals surface area contributed by atoms with E-state index in [9.17, 15) is 13.2 Å². The van der Waals surface area contributed by atoms with Crippen molar-refractivity contribution >= 4 is 15.9 Å². The van der Waals surface area contributed by atoms with Gasteiger partial charge in [0, 0.05) is 32.0 Å². The van der Waals surface area contributed by atoms with E-state index >= 15 is 0 Å². The third-order valence-electron chi connectivity index (χ3n) is 3.53. The zero-order chi connectivity index (χ0) is 15.2. The number of nitrogens with zero attached hydrogens (tertiary/aromatic N) is 2. The summed E-state index contributed by atoms with van der Waals surface area (Å²) < 4.78 is 22.2. The fraction of sp³-hybridized carbons (Fsp3) is 0.923. The highest BCUT2D eigenvalue weighted by atomic mass is 32.2. The fourth-order valence-corrected chi connectivity index (χ4v) is 3.62.